The van der Waals surface area contributed by atoms with Crippen molar-refractivity contribution in [3.63, 3.8) is 0 Å². The fourth-order valence-corrected chi connectivity index (χ4v) is 6.27. The van der Waals surface area contributed by atoms with E-state index in [1.165, 1.54) is 17.5 Å². The second-order valence-corrected chi connectivity index (χ2v) is 11.4. The van der Waals surface area contributed by atoms with Crippen LogP contribution in [-0.4, -0.2) is 72.6 Å². The van der Waals surface area contributed by atoms with Crippen LogP contribution in [0.4, 0.5) is 5.82 Å². The molecule has 2 aliphatic rings. The Kier molecular flexibility index (Phi) is 8.79. The highest BCUT2D eigenvalue weighted by molar-refractivity contribution is 6.06. The topological polar surface area (TPSA) is 88.5 Å². The van der Waals surface area contributed by atoms with Gasteiger partial charge in [0.2, 0.25) is 0 Å². The maximum absolute atomic E-state index is 13.5. The van der Waals surface area contributed by atoms with Crippen molar-refractivity contribution >= 4 is 22.6 Å². The second-order valence-electron chi connectivity index (χ2n) is 11.4. The van der Waals surface area contributed by atoms with E-state index < -0.39 is 0 Å². The van der Waals surface area contributed by atoms with E-state index in [1.54, 1.807) is 7.11 Å². The molecule has 2 aromatic heterocycles. The van der Waals surface area contributed by atoms with Crippen molar-refractivity contribution < 1.29 is 9.53 Å². The molecule has 1 unspecified atom stereocenters. The Labute approximate surface area is 248 Å². The number of amides is 1. The molecule has 4 aromatic rings. The predicted octanol–water partition coefficient (Wildman–Crippen LogP) is 6.23. The van der Waals surface area contributed by atoms with Crippen molar-refractivity contribution in [1.29, 1.82) is 5.26 Å². The predicted molar refractivity (Wildman–Crippen MR) is 168 cm³/mol. The molecule has 42 heavy (non-hydrogen) atoms. The zero-order valence-electron chi connectivity index (χ0n) is 25.0. The number of H-pyrrole nitrogens is 1. The minimum absolute atomic E-state index is 0.0915. The van der Waals surface area contributed by atoms with Gasteiger partial charge in [0.15, 0.2) is 0 Å². The molecule has 8 nitrogen and oxygen atoms in total. The molecule has 2 saturated heterocycles. The first-order valence-corrected chi connectivity index (χ1v) is 14.7. The van der Waals surface area contributed by atoms with Crippen molar-refractivity contribution in [2.24, 2.45) is 0 Å². The molecular weight excluding hydrogens is 524 g/mol. The Morgan fingerprint density at radius 2 is 1.81 bits per heavy atom. The number of pyridine rings is 1. The number of aromatic amines is 1. The molecule has 4 heterocycles. The van der Waals surface area contributed by atoms with Gasteiger partial charge in [0.1, 0.15) is 11.6 Å². The van der Waals surface area contributed by atoms with Gasteiger partial charge in [-0.25, -0.2) is 10.2 Å². The molecule has 0 aliphatic carbocycles. The van der Waals surface area contributed by atoms with E-state index in [0.717, 1.165) is 65.3 Å². The number of fused-ring (bicyclic) bond motifs is 1. The van der Waals surface area contributed by atoms with Crippen LogP contribution in [0, 0.1) is 11.8 Å². The van der Waals surface area contributed by atoms with Gasteiger partial charge in [-0.3, -0.25) is 9.69 Å². The Morgan fingerprint density at radius 1 is 1.05 bits per heavy atom. The van der Waals surface area contributed by atoms with Crippen molar-refractivity contribution in [2.45, 2.75) is 38.6 Å². The molecule has 2 fully saturated rings. The van der Waals surface area contributed by atoms with Gasteiger partial charge in [0.05, 0.1) is 12.7 Å². The van der Waals surface area contributed by atoms with E-state index in [9.17, 15) is 4.79 Å². The average molecular weight is 565 g/mol. The van der Waals surface area contributed by atoms with Gasteiger partial charge in [-0.15, -0.1) is 0 Å². The summed E-state index contributed by atoms with van der Waals surface area (Å²) in [5, 5.41) is 7.48. The first kappa shape index (κ1) is 29.2. The maximum Gasteiger partial charge on any atom is 0.256 e. The van der Waals surface area contributed by atoms with Crippen molar-refractivity contribution in [3.8, 4) is 23.4 Å². The largest absolute Gasteiger partial charge is 0.497 e. The number of hydrogen-bond acceptors (Lipinski definition) is 6. The van der Waals surface area contributed by atoms with E-state index in [0.29, 0.717) is 25.0 Å². The minimum atomic E-state index is 0.0915. The van der Waals surface area contributed by atoms with Gasteiger partial charge in [-0.05, 0) is 67.7 Å². The van der Waals surface area contributed by atoms with Crippen LogP contribution in [0.25, 0.3) is 22.0 Å². The number of carbonyl (C=O) groups is 1. The smallest absolute Gasteiger partial charge is 0.256 e. The van der Waals surface area contributed by atoms with Gasteiger partial charge in [0, 0.05) is 67.2 Å². The van der Waals surface area contributed by atoms with Gasteiger partial charge < -0.3 is 19.5 Å². The quantitative estimate of drug-likeness (QED) is 0.299. The zero-order chi connectivity index (χ0) is 29.8. The van der Waals surface area contributed by atoms with Gasteiger partial charge in [-0.2, -0.15) is 0 Å². The molecule has 2 aliphatic heterocycles. The summed E-state index contributed by atoms with van der Waals surface area (Å²) < 4.78 is 5.60. The highest BCUT2D eigenvalue weighted by Gasteiger charge is 2.33. The van der Waals surface area contributed by atoms with Gasteiger partial charge in [0.25, 0.3) is 5.91 Å². The van der Waals surface area contributed by atoms with Crippen LogP contribution in [-0.2, 0) is 0 Å². The van der Waals surface area contributed by atoms with Crippen LogP contribution in [0.15, 0.2) is 60.8 Å². The number of ether oxygens (including phenoxy) is 1. The maximum atomic E-state index is 13.5. The molecule has 2 aromatic carbocycles. The number of aromatic nitrogens is 2. The number of likely N-dealkylation sites (tertiary alicyclic amines) is 1. The highest BCUT2D eigenvalue weighted by atomic mass is 16.5. The van der Waals surface area contributed by atoms with Crippen molar-refractivity contribution in [3.05, 3.63) is 77.6 Å². The lowest BCUT2D eigenvalue weighted by Gasteiger charge is -2.38. The number of anilines is 1. The molecular formula is C34H40N6O2. The molecule has 0 spiro atoms. The van der Waals surface area contributed by atoms with E-state index in [-0.39, 0.29) is 5.91 Å². The summed E-state index contributed by atoms with van der Waals surface area (Å²) in [6.45, 7) is 11.8. The van der Waals surface area contributed by atoms with Gasteiger partial charge >= 0.3 is 0 Å². The molecule has 1 atom stereocenters. The Balaban J connectivity index is 0.00000173. The molecule has 1 N–H and O–H groups in total. The number of nitriles is 1. The monoisotopic (exact) mass is 564 g/mol. The molecule has 0 bridgehead atoms. The lowest BCUT2D eigenvalue weighted by atomic mass is 9.91. The first-order valence-electron chi connectivity index (χ1n) is 14.7. The fourth-order valence-electron chi connectivity index (χ4n) is 6.27. The number of hydrogen-bond donors (Lipinski definition) is 1. The average Bonchev–Trinajstić information content (AvgIpc) is 3.67. The van der Waals surface area contributed by atoms with E-state index >= 15 is 0 Å². The van der Waals surface area contributed by atoms with Crippen LogP contribution in [0.3, 0.4) is 0 Å². The minimum Gasteiger partial charge on any atom is -0.497 e. The molecule has 0 radical (unpaired) electrons. The second kappa shape index (κ2) is 12.7. The van der Waals surface area contributed by atoms with Crippen LogP contribution < -0.4 is 9.64 Å². The Morgan fingerprint density at radius 3 is 2.50 bits per heavy atom. The summed E-state index contributed by atoms with van der Waals surface area (Å²) in [5.41, 5.74) is 6.53. The number of carbonyl (C=O) groups excluding carboxylic acids is 1. The first-order chi connectivity index (χ1) is 20.4. The summed E-state index contributed by atoms with van der Waals surface area (Å²) >= 11 is 0. The van der Waals surface area contributed by atoms with Crippen LogP contribution in [0.5, 0.6) is 5.75 Å². The molecule has 0 saturated carbocycles. The van der Waals surface area contributed by atoms with Gasteiger partial charge in [-0.1, -0.05) is 44.2 Å². The Hall–Kier alpha value is -4.35. The lowest BCUT2D eigenvalue weighted by molar-refractivity contribution is 0.0748. The number of nitrogens with one attached hydrogen (secondary N) is 1. The number of para-hydroxylation sites is 1. The third kappa shape index (κ3) is 5.57. The molecule has 1 amide bonds. The van der Waals surface area contributed by atoms with Crippen LogP contribution in [0.2, 0.25) is 0 Å². The van der Waals surface area contributed by atoms with Crippen molar-refractivity contribution in [1.82, 2.24) is 19.8 Å². The SMILES string of the molecule is C#N.COc1cccc(-c2cc(C(C)C)nc(N3CCN(C(=O)c4c[nH]c5ccccc45)CC3)c2C2CCCN2C)c1. The highest BCUT2D eigenvalue weighted by Crippen LogP contribution is 2.43. The molecule has 6 rings (SSSR count). The summed E-state index contributed by atoms with van der Waals surface area (Å²) in [6.07, 6.45) is 4.14. The third-order valence-electron chi connectivity index (χ3n) is 8.57. The van der Waals surface area contributed by atoms with E-state index in [2.05, 4.69) is 66.5 Å². The number of methoxy groups -OCH3 is 1. The van der Waals surface area contributed by atoms with Crippen LogP contribution >= 0.6 is 0 Å². The fraction of sp³-hybridized carbons (Fsp3) is 0.382. The molecule has 218 valence electrons. The summed E-state index contributed by atoms with van der Waals surface area (Å²) in [4.78, 5) is 29.0. The van der Waals surface area contributed by atoms with E-state index in [4.69, 9.17) is 15.0 Å². The lowest BCUT2D eigenvalue weighted by Crippen LogP contribution is -2.49. The number of piperazine rings is 1. The zero-order valence-corrected chi connectivity index (χ0v) is 25.0. The normalized spacial score (nSPS) is 17.4. The third-order valence-corrected chi connectivity index (χ3v) is 8.57. The van der Waals surface area contributed by atoms with Crippen molar-refractivity contribution in [2.75, 3.05) is 51.8 Å². The Bertz CT molecular complexity index is 1570. The summed E-state index contributed by atoms with van der Waals surface area (Å²) in [6, 6.07) is 19.0. The summed E-state index contributed by atoms with van der Waals surface area (Å²) in [7, 11) is 3.95. The standard InChI is InChI=1S/C33H39N5O2.CHN/c1-22(2)29-20-26(23-9-7-10-24(19-23)40-4)31(30-13-8-14-36(30)3)32(35-29)37-15-17-38(18-16-37)33(39)27-21-34-28-12-6-5-11-25(27)28;1-2/h5-7,9-12,19-22,30,34H,8,13-18H2,1-4H3;1H. The number of benzene rings is 2. The van der Waals surface area contributed by atoms with E-state index in [1.807, 2.05) is 41.4 Å². The number of nitrogens with zero attached hydrogens (tertiary/aromatic N) is 5. The molecule has 8 heteroatoms. The van der Waals surface area contributed by atoms with Crippen LogP contribution in [0.1, 0.15) is 60.3 Å². The number of rotatable bonds is 6. The summed E-state index contributed by atoms with van der Waals surface area (Å²) in [5.74, 6) is 2.32.